The van der Waals surface area contributed by atoms with E-state index in [1.54, 1.807) is 4.90 Å². The van der Waals surface area contributed by atoms with Crippen molar-refractivity contribution in [1.29, 1.82) is 0 Å². The Balaban J connectivity index is 1.26. The molecule has 2 aromatic heterocycles. The Morgan fingerprint density at radius 3 is 2.47 bits per heavy atom. The molecule has 1 atom stereocenters. The van der Waals surface area contributed by atoms with Crippen LogP contribution in [-0.4, -0.2) is 62.4 Å². The number of nitrogens with zero attached hydrogens (tertiary/aromatic N) is 7. The molecule has 0 radical (unpaired) electrons. The number of anilines is 4. The number of aryl methyl sites for hydroxylation is 2. The molecular formula is C19H24F3N9O. The van der Waals surface area contributed by atoms with Crippen LogP contribution in [0.4, 0.5) is 36.6 Å². The smallest absolute Gasteiger partial charge is 0.352 e. The summed E-state index contributed by atoms with van der Waals surface area (Å²) in [5.74, 6) is 0.262. The van der Waals surface area contributed by atoms with Crippen LogP contribution in [0.25, 0.3) is 0 Å². The molecular weight excluding hydrogens is 427 g/mol. The third-order valence-electron chi connectivity index (χ3n) is 6.36. The van der Waals surface area contributed by atoms with Gasteiger partial charge in [-0.25, -0.2) is 9.67 Å². The molecule has 172 valence electrons. The number of hydrogen-bond donors (Lipinski definition) is 2. The molecule has 5 rings (SSSR count). The number of likely N-dealkylation sites (N-methyl/N-ethyl adjacent to an activating group) is 1. The quantitative estimate of drug-likeness (QED) is 0.725. The Labute approximate surface area is 182 Å². The van der Waals surface area contributed by atoms with Crippen molar-refractivity contribution < 1.29 is 18.0 Å². The van der Waals surface area contributed by atoms with Crippen molar-refractivity contribution >= 4 is 29.3 Å². The molecule has 2 N–H and O–H groups in total. The number of rotatable bonds is 4. The molecule has 1 amide bonds. The van der Waals surface area contributed by atoms with Crippen molar-refractivity contribution in [2.75, 3.05) is 34.0 Å². The van der Waals surface area contributed by atoms with Crippen LogP contribution in [-0.2, 0) is 24.4 Å². The second-order valence-corrected chi connectivity index (χ2v) is 8.58. The Kier molecular flexibility index (Phi) is 4.67. The van der Waals surface area contributed by atoms with Gasteiger partial charge in [-0.2, -0.15) is 23.1 Å². The van der Waals surface area contributed by atoms with Crippen molar-refractivity contribution in [2.45, 2.75) is 56.9 Å². The molecule has 2 aliphatic heterocycles. The number of nitrogens with one attached hydrogen (secondary N) is 2. The standard InChI is InChI=1S/C19H24F3N9O/c1-9-15(32)31-6-4-5-12-13(31)14(29(9)2)26-17(25-12)23-10-7-11(8-10)24-18-27-16(19(20,21)22)28-30(18)3/h9-11H,4-8H2,1-3H3,(H,23,25,26)(H,24,27,28)/t9-,10-,11-/m0/s1. The van der Waals surface area contributed by atoms with Crippen LogP contribution in [0.15, 0.2) is 0 Å². The number of carbonyl (C=O) groups excluding carboxylic acids is 1. The maximum absolute atomic E-state index is 12.8. The summed E-state index contributed by atoms with van der Waals surface area (Å²) in [6.07, 6.45) is -1.57. The van der Waals surface area contributed by atoms with Crippen LogP contribution >= 0.6 is 0 Å². The first-order valence-electron chi connectivity index (χ1n) is 10.6. The third kappa shape index (κ3) is 3.39. The van der Waals surface area contributed by atoms with Crippen LogP contribution in [0.1, 0.15) is 37.7 Å². The summed E-state index contributed by atoms with van der Waals surface area (Å²) in [7, 11) is 3.29. The van der Waals surface area contributed by atoms with Crippen LogP contribution < -0.4 is 20.4 Å². The molecule has 0 saturated heterocycles. The van der Waals surface area contributed by atoms with Gasteiger partial charge in [-0.3, -0.25) is 4.79 Å². The molecule has 1 saturated carbocycles. The summed E-state index contributed by atoms with van der Waals surface area (Å²) < 4.78 is 39.5. The van der Waals surface area contributed by atoms with E-state index in [2.05, 4.69) is 30.7 Å². The van der Waals surface area contributed by atoms with E-state index in [9.17, 15) is 18.0 Å². The Morgan fingerprint density at radius 2 is 1.78 bits per heavy atom. The van der Waals surface area contributed by atoms with Gasteiger partial charge in [-0.1, -0.05) is 0 Å². The first-order chi connectivity index (χ1) is 15.1. The van der Waals surface area contributed by atoms with Crippen molar-refractivity contribution in [3.63, 3.8) is 0 Å². The topological polar surface area (TPSA) is 104 Å². The average Bonchev–Trinajstić information content (AvgIpc) is 3.09. The number of alkyl halides is 3. The van der Waals surface area contributed by atoms with Gasteiger partial charge >= 0.3 is 6.18 Å². The largest absolute Gasteiger partial charge is 0.453 e. The molecule has 3 aliphatic rings. The van der Waals surface area contributed by atoms with E-state index in [0.29, 0.717) is 25.3 Å². The molecule has 10 nitrogen and oxygen atoms in total. The summed E-state index contributed by atoms with van der Waals surface area (Å²) in [5.41, 5.74) is 1.67. The lowest BCUT2D eigenvalue weighted by molar-refractivity contribution is -0.144. The molecule has 0 bridgehead atoms. The van der Waals surface area contributed by atoms with E-state index >= 15 is 0 Å². The van der Waals surface area contributed by atoms with Gasteiger partial charge < -0.3 is 20.4 Å². The molecule has 0 unspecified atom stereocenters. The first-order valence-corrected chi connectivity index (χ1v) is 10.6. The Bertz CT molecular complexity index is 1060. The Morgan fingerprint density at radius 1 is 1.06 bits per heavy atom. The van der Waals surface area contributed by atoms with Crippen LogP contribution in [0.2, 0.25) is 0 Å². The summed E-state index contributed by atoms with van der Waals surface area (Å²) in [4.78, 5) is 29.2. The molecule has 1 fully saturated rings. The van der Waals surface area contributed by atoms with E-state index in [0.717, 1.165) is 34.7 Å². The maximum atomic E-state index is 12.8. The normalized spacial score (nSPS) is 24.8. The number of amides is 1. The second-order valence-electron chi connectivity index (χ2n) is 8.58. The van der Waals surface area contributed by atoms with Gasteiger partial charge in [0.25, 0.3) is 5.82 Å². The van der Waals surface area contributed by atoms with Crippen molar-refractivity contribution in [3.05, 3.63) is 11.5 Å². The predicted octanol–water partition coefficient (Wildman–Crippen LogP) is 1.80. The summed E-state index contributed by atoms with van der Waals surface area (Å²) in [6.45, 7) is 2.55. The highest BCUT2D eigenvalue weighted by Gasteiger charge is 2.40. The van der Waals surface area contributed by atoms with Crippen molar-refractivity contribution in [2.24, 2.45) is 7.05 Å². The number of carbonyl (C=O) groups is 1. The fraction of sp³-hybridized carbons (Fsp3) is 0.632. The van der Waals surface area contributed by atoms with Gasteiger partial charge in [0.1, 0.15) is 11.7 Å². The molecule has 2 aromatic rings. The van der Waals surface area contributed by atoms with Gasteiger partial charge in [0.15, 0.2) is 5.82 Å². The molecule has 0 spiro atoms. The van der Waals surface area contributed by atoms with Gasteiger partial charge in [-0.15, -0.1) is 5.10 Å². The summed E-state index contributed by atoms with van der Waals surface area (Å²) in [5, 5.41) is 9.77. The van der Waals surface area contributed by atoms with E-state index < -0.39 is 12.0 Å². The monoisotopic (exact) mass is 451 g/mol. The summed E-state index contributed by atoms with van der Waals surface area (Å²) in [6, 6.07) is -0.231. The van der Waals surface area contributed by atoms with Gasteiger partial charge in [0.05, 0.1) is 5.69 Å². The van der Waals surface area contributed by atoms with E-state index in [4.69, 9.17) is 0 Å². The highest BCUT2D eigenvalue weighted by atomic mass is 19.4. The average molecular weight is 451 g/mol. The lowest BCUT2D eigenvalue weighted by Gasteiger charge is -2.42. The molecule has 13 heteroatoms. The summed E-state index contributed by atoms with van der Waals surface area (Å²) >= 11 is 0. The van der Waals surface area contributed by atoms with E-state index in [-0.39, 0.29) is 30.0 Å². The van der Waals surface area contributed by atoms with Gasteiger partial charge in [-0.05, 0) is 32.6 Å². The van der Waals surface area contributed by atoms with E-state index in [1.807, 2.05) is 18.9 Å². The van der Waals surface area contributed by atoms with Gasteiger partial charge in [0.2, 0.25) is 17.8 Å². The minimum absolute atomic E-state index is 0.0247. The molecule has 0 aromatic carbocycles. The van der Waals surface area contributed by atoms with Crippen molar-refractivity contribution in [3.8, 4) is 0 Å². The van der Waals surface area contributed by atoms with Gasteiger partial charge in [0, 0.05) is 32.7 Å². The van der Waals surface area contributed by atoms with Crippen LogP contribution in [0.3, 0.4) is 0 Å². The van der Waals surface area contributed by atoms with Crippen LogP contribution in [0.5, 0.6) is 0 Å². The minimum atomic E-state index is -4.57. The lowest BCUT2D eigenvalue weighted by Crippen LogP contribution is -2.53. The lowest BCUT2D eigenvalue weighted by atomic mass is 9.87. The maximum Gasteiger partial charge on any atom is 0.453 e. The fourth-order valence-corrected chi connectivity index (χ4v) is 4.41. The van der Waals surface area contributed by atoms with E-state index in [1.165, 1.54) is 7.05 Å². The van der Waals surface area contributed by atoms with Crippen LogP contribution in [0, 0.1) is 0 Å². The minimum Gasteiger partial charge on any atom is -0.352 e. The number of aromatic nitrogens is 5. The zero-order chi connectivity index (χ0) is 22.8. The zero-order valence-corrected chi connectivity index (χ0v) is 17.9. The molecule has 1 aliphatic carbocycles. The molecule has 32 heavy (non-hydrogen) atoms. The predicted molar refractivity (Wildman–Crippen MR) is 111 cm³/mol. The zero-order valence-electron chi connectivity index (χ0n) is 17.9. The van der Waals surface area contributed by atoms with Crippen molar-refractivity contribution in [1.82, 2.24) is 24.7 Å². The number of halogens is 3. The highest BCUT2D eigenvalue weighted by molar-refractivity contribution is 6.05. The fourth-order valence-electron chi connectivity index (χ4n) is 4.41. The highest BCUT2D eigenvalue weighted by Crippen LogP contribution is 2.40. The number of hydrogen-bond acceptors (Lipinski definition) is 8. The SMILES string of the molecule is C[C@H]1C(=O)N2CCCc3nc(N[C@H]4C[C@H](Nc5nc(C(F)(F)F)nn5C)C4)nc(c32)N1C. The first kappa shape index (κ1) is 20.8. The molecule has 4 heterocycles. The second kappa shape index (κ2) is 7.20. The Hall–Kier alpha value is -3.12. The third-order valence-corrected chi connectivity index (χ3v) is 6.36.